The molecule has 1 fully saturated rings. The molecule has 1 aliphatic rings. The van der Waals surface area contributed by atoms with Crippen LogP contribution in [0.2, 0.25) is 0 Å². The van der Waals surface area contributed by atoms with Gasteiger partial charge in [-0.2, -0.15) is 0 Å². The molecule has 106 valence electrons. The fraction of sp³-hybridized carbons (Fsp3) is 0.714. The highest BCUT2D eigenvalue weighted by Gasteiger charge is 2.38. The van der Waals surface area contributed by atoms with Crippen LogP contribution in [0.3, 0.4) is 0 Å². The Balaban J connectivity index is 2.44. The Bertz CT molecular complexity index is 436. The summed E-state index contributed by atoms with van der Waals surface area (Å²) in [6, 6.07) is 0. The molecular formula is C14H24N4O. The first kappa shape index (κ1) is 14.2. The van der Waals surface area contributed by atoms with E-state index in [-0.39, 0.29) is 5.60 Å². The monoisotopic (exact) mass is 264 g/mol. The largest absolute Gasteiger partial charge is 0.367 e. The van der Waals surface area contributed by atoms with Crippen molar-refractivity contribution in [3.8, 4) is 0 Å². The Morgan fingerprint density at radius 3 is 2.47 bits per heavy atom. The maximum absolute atomic E-state index is 6.06. The van der Waals surface area contributed by atoms with Crippen molar-refractivity contribution in [2.24, 2.45) is 5.84 Å². The Kier molecular flexibility index (Phi) is 4.37. The van der Waals surface area contributed by atoms with Crippen LogP contribution in [0, 0.1) is 13.8 Å². The van der Waals surface area contributed by atoms with Crippen molar-refractivity contribution >= 4 is 5.82 Å². The summed E-state index contributed by atoms with van der Waals surface area (Å²) in [5, 5.41) is 0. The normalized spacial score (nSPS) is 18.3. The van der Waals surface area contributed by atoms with Gasteiger partial charge in [-0.05, 0) is 33.6 Å². The number of rotatable bonds is 4. The van der Waals surface area contributed by atoms with Crippen molar-refractivity contribution in [2.45, 2.75) is 58.5 Å². The molecule has 0 atom stereocenters. The molecule has 1 saturated carbocycles. The Hall–Kier alpha value is -1.20. The first-order chi connectivity index (χ1) is 9.13. The molecule has 1 aliphatic carbocycles. The number of nitrogen functional groups attached to an aromatic ring is 1. The second kappa shape index (κ2) is 5.84. The van der Waals surface area contributed by atoms with Gasteiger partial charge in [-0.3, -0.25) is 0 Å². The quantitative estimate of drug-likeness (QED) is 0.646. The molecular weight excluding hydrogens is 240 g/mol. The van der Waals surface area contributed by atoms with E-state index < -0.39 is 0 Å². The number of hydrazine groups is 1. The summed E-state index contributed by atoms with van der Waals surface area (Å²) in [6.45, 7) is 6.67. The minimum Gasteiger partial charge on any atom is -0.367 e. The fourth-order valence-electron chi connectivity index (χ4n) is 2.80. The first-order valence-corrected chi connectivity index (χ1v) is 7.09. The van der Waals surface area contributed by atoms with Crippen LogP contribution in [0.5, 0.6) is 0 Å². The van der Waals surface area contributed by atoms with Crippen LogP contribution in [0.1, 0.15) is 56.1 Å². The van der Waals surface area contributed by atoms with Gasteiger partial charge in [0.15, 0.2) is 5.82 Å². The molecule has 0 radical (unpaired) electrons. The summed E-state index contributed by atoms with van der Waals surface area (Å²) in [4.78, 5) is 9.26. The predicted octanol–water partition coefficient (Wildman–Crippen LogP) is 2.57. The van der Waals surface area contributed by atoms with Crippen molar-refractivity contribution in [1.29, 1.82) is 0 Å². The molecule has 19 heavy (non-hydrogen) atoms. The Labute approximate surface area is 114 Å². The van der Waals surface area contributed by atoms with Gasteiger partial charge in [-0.25, -0.2) is 15.8 Å². The molecule has 0 saturated heterocycles. The van der Waals surface area contributed by atoms with E-state index in [4.69, 9.17) is 10.6 Å². The summed E-state index contributed by atoms with van der Waals surface area (Å²) in [7, 11) is 0. The minimum absolute atomic E-state index is 0.322. The van der Waals surface area contributed by atoms with Crippen LogP contribution < -0.4 is 11.3 Å². The number of anilines is 1. The molecule has 0 aromatic carbocycles. The van der Waals surface area contributed by atoms with Crippen LogP contribution in [0.4, 0.5) is 5.82 Å². The van der Waals surface area contributed by atoms with Gasteiger partial charge < -0.3 is 10.2 Å². The molecule has 0 unspecified atom stereocenters. The van der Waals surface area contributed by atoms with Crippen LogP contribution in [-0.4, -0.2) is 16.6 Å². The Morgan fingerprint density at radius 1 is 1.21 bits per heavy atom. The molecule has 5 nitrogen and oxygen atoms in total. The van der Waals surface area contributed by atoms with Crippen LogP contribution >= 0.6 is 0 Å². The molecule has 2 rings (SSSR count). The maximum atomic E-state index is 6.06. The minimum atomic E-state index is -0.322. The van der Waals surface area contributed by atoms with E-state index >= 15 is 0 Å². The fourth-order valence-corrected chi connectivity index (χ4v) is 2.80. The van der Waals surface area contributed by atoms with Crippen LogP contribution in [0.25, 0.3) is 0 Å². The lowest BCUT2D eigenvalue weighted by Gasteiger charge is -2.36. The number of ether oxygens (including phenoxy) is 1. The predicted molar refractivity (Wildman–Crippen MR) is 75.7 cm³/mol. The van der Waals surface area contributed by atoms with Gasteiger partial charge in [-0.1, -0.05) is 19.3 Å². The van der Waals surface area contributed by atoms with E-state index in [1.807, 2.05) is 20.8 Å². The summed E-state index contributed by atoms with van der Waals surface area (Å²) < 4.78 is 6.06. The number of nitrogens with one attached hydrogen (secondary N) is 1. The number of hydrogen-bond donors (Lipinski definition) is 2. The molecule has 1 aromatic rings. The lowest BCUT2D eigenvalue weighted by Crippen LogP contribution is -2.35. The van der Waals surface area contributed by atoms with Gasteiger partial charge in [-0.15, -0.1) is 0 Å². The van der Waals surface area contributed by atoms with Gasteiger partial charge in [0, 0.05) is 17.9 Å². The zero-order chi connectivity index (χ0) is 13.9. The number of aromatic nitrogens is 2. The van der Waals surface area contributed by atoms with E-state index in [9.17, 15) is 0 Å². The summed E-state index contributed by atoms with van der Waals surface area (Å²) in [5.74, 6) is 7.04. The van der Waals surface area contributed by atoms with Crippen molar-refractivity contribution < 1.29 is 4.74 Å². The second-order valence-electron chi connectivity index (χ2n) is 5.24. The van der Waals surface area contributed by atoms with E-state index in [1.54, 1.807) is 0 Å². The maximum Gasteiger partial charge on any atom is 0.162 e. The van der Waals surface area contributed by atoms with Crippen LogP contribution in [0.15, 0.2) is 0 Å². The van der Waals surface area contributed by atoms with E-state index in [2.05, 4.69) is 15.4 Å². The first-order valence-electron chi connectivity index (χ1n) is 7.09. The molecule has 1 heterocycles. The molecule has 0 bridgehead atoms. The molecule has 1 aromatic heterocycles. The number of hydrogen-bond acceptors (Lipinski definition) is 5. The van der Waals surface area contributed by atoms with Gasteiger partial charge >= 0.3 is 0 Å². The second-order valence-corrected chi connectivity index (χ2v) is 5.24. The van der Waals surface area contributed by atoms with E-state index in [1.165, 1.54) is 19.3 Å². The van der Waals surface area contributed by atoms with Crippen LogP contribution in [-0.2, 0) is 10.3 Å². The third-order valence-electron chi connectivity index (χ3n) is 4.02. The third kappa shape index (κ3) is 2.72. The lowest BCUT2D eigenvalue weighted by molar-refractivity contribution is -0.0767. The smallest absolute Gasteiger partial charge is 0.162 e. The third-order valence-corrected chi connectivity index (χ3v) is 4.02. The number of aryl methyl sites for hydroxylation is 1. The van der Waals surface area contributed by atoms with Crippen molar-refractivity contribution in [3.63, 3.8) is 0 Å². The highest BCUT2D eigenvalue weighted by Crippen LogP contribution is 2.39. The highest BCUT2D eigenvalue weighted by atomic mass is 16.5. The SMILES string of the molecule is CCOC1(c2nc(C)c(C)c(NN)n2)CCCCC1. The zero-order valence-electron chi connectivity index (χ0n) is 12.1. The summed E-state index contributed by atoms with van der Waals surface area (Å²) >= 11 is 0. The highest BCUT2D eigenvalue weighted by molar-refractivity contribution is 5.44. The van der Waals surface area contributed by atoms with Gasteiger partial charge in [0.2, 0.25) is 0 Å². The average molecular weight is 264 g/mol. The van der Waals surface area contributed by atoms with E-state index in [0.717, 1.165) is 29.9 Å². The number of nitrogens with two attached hydrogens (primary N) is 1. The van der Waals surface area contributed by atoms with Gasteiger partial charge in [0.1, 0.15) is 11.4 Å². The topological polar surface area (TPSA) is 73.1 Å². The van der Waals surface area contributed by atoms with Crippen molar-refractivity contribution in [2.75, 3.05) is 12.0 Å². The summed E-state index contributed by atoms with van der Waals surface area (Å²) in [5.41, 5.74) is 4.30. The van der Waals surface area contributed by atoms with Crippen molar-refractivity contribution in [3.05, 3.63) is 17.1 Å². The number of nitrogens with zero attached hydrogens (tertiary/aromatic N) is 2. The van der Waals surface area contributed by atoms with Gasteiger partial charge in [0.05, 0.1) is 0 Å². The standard InChI is InChI=1S/C14H24N4O/c1-4-19-14(8-6-5-7-9-14)13-16-11(3)10(2)12(17-13)18-15/h4-9,15H2,1-3H3,(H,16,17,18). The zero-order valence-corrected chi connectivity index (χ0v) is 12.1. The molecule has 0 aliphatic heterocycles. The molecule has 0 spiro atoms. The molecule has 0 amide bonds. The average Bonchev–Trinajstić information content (AvgIpc) is 2.43. The lowest BCUT2D eigenvalue weighted by atomic mass is 9.83. The Morgan fingerprint density at radius 2 is 1.89 bits per heavy atom. The van der Waals surface area contributed by atoms with Crippen molar-refractivity contribution in [1.82, 2.24) is 9.97 Å². The van der Waals surface area contributed by atoms with Gasteiger partial charge in [0.25, 0.3) is 0 Å². The molecule has 5 heteroatoms. The van der Waals surface area contributed by atoms with E-state index in [0.29, 0.717) is 12.4 Å². The summed E-state index contributed by atoms with van der Waals surface area (Å²) in [6.07, 6.45) is 5.59. The molecule has 3 N–H and O–H groups in total.